The number of ether oxygens (including phenoxy) is 3. The zero-order valence-electron chi connectivity index (χ0n) is 9.37. The van der Waals surface area contributed by atoms with Crippen molar-refractivity contribution in [2.75, 3.05) is 21.3 Å². The van der Waals surface area contributed by atoms with Gasteiger partial charge in [-0.15, -0.1) is 0 Å². The quantitative estimate of drug-likeness (QED) is 0.630. The summed E-state index contributed by atoms with van der Waals surface area (Å²) in [4.78, 5) is 11.6. The number of carbonyl (C=O) groups excluding carboxylic acids is 1. The van der Waals surface area contributed by atoms with Crippen LogP contribution in [0.15, 0.2) is 12.1 Å². The molecule has 88 valence electrons. The van der Waals surface area contributed by atoms with Crippen molar-refractivity contribution in [2.45, 2.75) is 5.33 Å². The number of esters is 1. The van der Waals surface area contributed by atoms with Gasteiger partial charge in [0.1, 0.15) is 17.1 Å². The molecule has 0 radical (unpaired) electrons. The van der Waals surface area contributed by atoms with Crippen LogP contribution < -0.4 is 9.47 Å². The maximum absolute atomic E-state index is 11.6. The summed E-state index contributed by atoms with van der Waals surface area (Å²) in [7, 11) is 4.32. The van der Waals surface area contributed by atoms with Crippen LogP contribution in [0.5, 0.6) is 11.5 Å². The molecule has 0 spiro atoms. The van der Waals surface area contributed by atoms with E-state index in [0.29, 0.717) is 22.4 Å². The maximum Gasteiger partial charge on any atom is 0.345 e. The second-order valence-corrected chi connectivity index (χ2v) is 3.56. The molecule has 0 aliphatic carbocycles. The number of hydrogen-bond donors (Lipinski definition) is 0. The van der Waals surface area contributed by atoms with Crippen molar-refractivity contribution in [3.05, 3.63) is 23.3 Å². The molecule has 0 N–H and O–H groups in total. The lowest BCUT2D eigenvalue weighted by molar-refractivity contribution is 0.0593. The van der Waals surface area contributed by atoms with Gasteiger partial charge in [-0.2, -0.15) is 0 Å². The summed E-state index contributed by atoms with van der Waals surface area (Å²) in [5, 5.41) is 0.654. The number of benzene rings is 1. The summed E-state index contributed by atoms with van der Waals surface area (Å²) < 4.78 is 15.0. The Labute approximate surface area is 103 Å². The highest BCUT2D eigenvalue weighted by Crippen LogP contribution is 2.31. The van der Waals surface area contributed by atoms with Gasteiger partial charge in [0.15, 0.2) is 0 Å². The monoisotopic (exact) mass is 288 g/mol. The van der Waals surface area contributed by atoms with Crippen molar-refractivity contribution in [3.8, 4) is 11.5 Å². The summed E-state index contributed by atoms with van der Waals surface area (Å²) in [6.07, 6.45) is 0. The minimum Gasteiger partial charge on any atom is -0.496 e. The molecule has 0 bridgehead atoms. The molecule has 0 heterocycles. The number of hydrogen-bond acceptors (Lipinski definition) is 4. The standard InChI is InChI=1S/C11H13BrO4/c1-14-8-4-7(6-12)5-9(15-2)10(8)11(13)16-3/h4-5H,6H2,1-3H3. The van der Waals surface area contributed by atoms with E-state index < -0.39 is 5.97 Å². The number of methoxy groups -OCH3 is 3. The Kier molecular flexibility index (Phi) is 4.61. The minimum absolute atomic E-state index is 0.303. The minimum atomic E-state index is -0.477. The second-order valence-electron chi connectivity index (χ2n) is 3.00. The molecular formula is C11H13BrO4. The van der Waals surface area contributed by atoms with Gasteiger partial charge in [0.05, 0.1) is 21.3 Å². The third kappa shape index (κ3) is 2.47. The predicted molar refractivity (Wildman–Crippen MR) is 63.5 cm³/mol. The molecule has 0 fully saturated rings. The van der Waals surface area contributed by atoms with Gasteiger partial charge in [-0.3, -0.25) is 0 Å². The van der Waals surface area contributed by atoms with Crippen molar-refractivity contribution >= 4 is 21.9 Å². The number of alkyl halides is 1. The Balaban J connectivity index is 3.37. The van der Waals surface area contributed by atoms with Crippen molar-refractivity contribution < 1.29 is 19.0 Å². The lowest BCUT2D eigenvalue weighted by atomic mass is 10.1. The fraction of sp³-hybridized carbons (Fsp3) is 0.364. The summed E-state index contributed by atoms with van der Waals surface area (Å²) in [5.41, 5.74) is 1.26. The van der Waals surface area contributed by atoms with Gasteiger partial charge in [0.25, 0.3) is 0 Å². The molecule has 0 unspecified atom stereocenters. The summed E-state index contributed by atoms with van der Waals surface area (Å²) in [6, 6.07) is 3.53. The Morgan fingerprint density at radius 3 is 2.00 bits per heavy atom. The normalized spacial score (nSPS) is 9.75. The Hall–Kier alpha value is -1.23. The molecular weight excluding hydrogens is 276 g/mol. The molecule has 0 aromatic heterocycles. The smallest absolute Gasteiger partial charge is 0.345 e. The molecule has 0 saturated heterocycles. The molecule has 0 saturated carbocycles. The van der Waals surface area contributed by atoms with Gasteiger partial charge in [-0.05, 0) is 17.7 Å². The lowest BCUT2D eigenvalue weighted by Crippen LogP contribution is -2.07. The molecule has 0 aliphatic heterocycles. The zero-order chi connectivity index (χ0) is 12.1. The SMILES string of the molecule is COC(=O)c1c(OC)cc(CBr)cc1OC. The summed E-state index contributed by atoms with van der Waals surface area (Å²) in [5.74, 6) is 0.413. The predicted octanol–water partition coefficient (Wildman–Crippen LogP) is 2.39. The molecule has 0 atom stereocenters. The molecule has 1 rings (SSSR count). The number of carbonyl (C=O) groups is 1. The van der Waals surface area contributed by atoms with E-state index in [9.17, 15) is 4.79 Å². The molecule has 1 aromatic carbocycles. The van der Waals surface area contributed by atoms with Gasteiger partial charge in [-0.1, -0.05) is 15.9 Å². The van der Waals surface area contributed by atoms with Crippen LogP contribution >= 0.6 is 15.9 Å². The Morgan fingerprint density at radius 1 is 1.19 bits per heavy atom. The third-order valence-electron chi connectivity index (χ3n) is 2.11. The summed E-state index contributed by atoms with van der Waals surface area (Å²) >= 11 is 3.34. The van der Waals surface area contributed by atoms with E-state index in [0.717, 1.165) is 5.56 Å². The average Bonchev–Trinajstić information content (AvgIpc) is 2.35. The van der Waals surface area contributed by atoms with Crippen LogP contribution in [0.25, 0.3) is 0 Å². The first-order chi connectivity index (χ1) is 7.67. The van der Waals surface area contributed by atoms with Crippen molar-refractivity contribution in [2.24, 2.45) is 0 Å². The van der Waals surface area contributed by atoms with E-state index in [1.54, 1.807) is 12.1 Å². The van der Waals surface area contributed by atoms with Crippen molar-refractivity contribution in [3.63, 3.8) is 0 Å². The van der Waals surface area contributed by atoms with Gasteiger partial charge in [0, 0.05) is 5.33 Å². The maximum atomic E-state index is 11.6. The van der Waals surface area contributed by atoms with E-state index in [2.05, 4.69) is 20.7 Å². The van der Waals surface area contributed by atoms with Crippen LogP contribution in [0, 0.1) is 0 Å². The Morgan fingerprint density at radius 2 is 1.69 bits per heavy atom. The first-order valence-electron chi connectivity index (χ1n) is 4.57. The van der Waals surface area contributed by atoms with E-state index in [1.165, 1.54) is 21.3 Å². The van der Waals surface area contributed by atoms with Crippen LogP contribution in [0.1, 0.15) is 15.9 Å². The van der Waals surface area contributed by atoms with Crippen molar-refractivity contribution in [1.82, 2.24) is 0 Å². The van der Waals surface area contributed by atoms with Crippen LogP contribution in [0.2, 0.25) is 0 Å². The molecule has 0 amide bonds. The van der Waals surface area contributed by atoms with Crippen LogP contribution in [-0.2, 0) is 10.1 Å². The van der Waals surface area contributed by atoms with E-state index in [1.807, 2.05) is 0 Å². The van der Waals surface area contributed by atoms with Crippen molar-refractivity contribution in [1.29, 1.82) is 0 Å². The first-order valence-corrected chi connectivity index (χ1v) is 5.69. The molecule has 0 aliphatic rings. The van der Waals surface area contributed by atoms with Gasteiger partial charge in [0.2, 0.25) is 0 Å². The van der Waals surface area contributed by atoms with E-state index in [4.69, 9.17) is 9.47 Å². The first kappa shape index (κ1) is 12.8. The van der Waals surface area contributed by atoms with Crippen LogP contribution in [-0.4, -0.2) is 27.3 Å². The highest BCUT2D eigenvalue weighted by Gasteiger charge is 2.20. The molecule has 4 nitrogen and oxygen atoms in total. The Bertz CT molecular complexity index is 365. The van der Waals surface area contributed by atoms with E-state index in [-0.39, 0.29) is 0 Å². The highest BCUT2D eigenvalue weighted by molar-refractivity contribution is 9.08. The van der Waals surface area contributed by atoms with Crippen LogP contribution in [0.4, 0.5) is 0 Å². The highest BCUT2D eigenvalue weighted by atomic mass is 79.9. The second kappa shape index (κ2) is 5.75. The number of rotatable bonds is 4. The van der Waals surface area contributed by atoms with Gasteiger partial charge in [-0.25, -0.2) is 4.79 Å². The fourth-order valence-corrected chi connectivity index (χ4v) is 1.67. The summed E-state index contributed by atoms with van der Waals surface area (Å²) in [6.45, 7) is 0. The zero-order valence-corrected chi connectivity index (χ0v) is 11.0. The van der Waals surface area contributed by atoms with Gasteiger partial charge >= 0.3 is 5.97 Å². The number of halogens is 1. The van der Waals surface area contributed by atoms with E-state index >= 15 is 0 Å². The molecule has 5 heteroatoms. The average molecular weight is 289 g/mol. The lowest BCUT2D eigenvalue weighted by Gasteiger charge is -2.12. The largest absolute Gasteiger partial charge is 0.496 e. The fourth-order valence-electron chi connectivity index (χ4n) is 1.35. The molecule has 1 aromatic rings. The van der Waals surface area contributed by atoms with Gasteiger partial charge < -0.3 is 14.2 Å². The molecule has 16 heavy (non-hydrogen) atoms. The third-order valence-corrected chi connectivity index (χ3v) is 2.76. The van der Waals surface area contributed by atoms with Crippen LogP contribution in [0.3, 0.4) is 0 Å². The topological polar surface area (TPSA) is 44.8 Å².